The number of aliphatic hydroxyl groups is 1. The molecule has 10 nitrogen and oxygen atoms in total. The molecule has 39 heavy (non-hydrogen) atoms. The number of carbonyl (C=O) groups excluding carboxylic acids is 3. The van der Waals surface area contributed by atoms with Crippen molar-refractivity contribution in [3.8, 4) is 0 Å². The maximum Gasteiger partial charge on any atom is 0.302 e. The van der Waals surface area contributed by atoms with Crippen LogP contribution in [0.2, 0.25) is 0 Å². The first kappa shape index (κ1) is 27.4. The predicted molar refractivity (Wildman–Crippen MR) is 136 cm³/mol. The molecular formula is C29H43NO9. The fourth-order valence-corrected chi connectivity index (χ4v) is 11.3. The number of nitrogens with zero attached hydrogens (tertiary/aromatic N) is 1. The van der Waals surface area contributed by atoms with Crippen molar-refractivity contribution in [2.45, 2.75) is 89.4 Å². The summed E-state index contributed by atoms with van der Waals surface area (Å²) < 4.78 is 30.4. The van der Waals surface area contributed by atoms with Crippen molar-refractivity contribution < 1.29 is 43.2 Å². The molecule has 7 bridgehead atoms. The average Bonchev–Trinajstić information content (AvgIpc) is 3.30. The topological polar surface area (TPSA) is 121 Å². The Labute approximate surface area is 230 Å². The first-order chi connectivity index (χ1) is 18.5. The van der Waals surface area contributed by atoms with E-state index < -0.39 is 22.5 Å². The Bertz CT molecular complexity index is 1050. The lowest BCUT2D eigenvalue weighted by Crippen LogP contribution is -2.76. The number of likely N-dealkylation sites (tertiary alicyclic amines) is 1. The fraction of sp³-hybridized carbons (Fsp3) is 0.897. The molecule has 1 unspecified atom stereocenters. The van der Waals surface area contributed by atoms with Gasteiger partial charge in [0.05, 0.1) is 24.4 Å². The van der Waals surface area contributed by atoms with Gasteiger partial charge in [0.25, 0.3) is 0 Å². The number of hydrogen-bond donors (Lipinski definition) is 1. The number of fused-ring (bicyclic) bond motifs is 2. The molecule has 6 rings (SSSR count). The van der Waals surface area contributed by atoms with Crippen molar-refractivity contribution >= 4 is 17.9 Å². The summed E-state index contributed by atoms with van der Waals surface area (Å²) in [6, 6.07) is -0.105. The van der Waals surface area contributed by atoms with Gasteiger partial charge in [-0.25, -0.2) is 0 Å². The van der Waals surface area contributed by atoms with Crippen LogP contribution in [-0.2, 0) is 38.1 Å². The lowest BCUT2D eigenvalue weighted by Gasteiger charge is -2.68. The zero-order chi connectivity index (χ0) is 28.1. The molecule has 0 radical (unpaired) electrons. The van der Waals surface area contributed by atoms with Gasteiger partial charge in [-0.15, -0.1) is 0 Å². The number of ether oxygens (including phenoxy) is 5. The van der Waals surface area contributed by atoms with Crippen molar-refractivity contribution in [1.82, 2.24) is 4.90 Å². The quantitative estimate of drug-likeness (QED) is 0.370. The Hall–Kier alpha value is -1.75. The van der Waals surface area contributed by atoms with E-state index in [1.165, 1.54) is 20.8 Å². The van der Waals surface area contributed by atoms with Gasteiger partial charge in [-0.1, -0.05) is 6.92 Å². The molecule has 6 aliphatic rings. The van der Waals surface area contributed by atoms with Crippen molar-refractivity contribution in [3.05, 3.63) is 0 Å². The molecule has 6 fully saturated rings. The molecule has 10 heteroatoms. The predicted octanol–water partition coefficient (Wildman–Crippen LogP) is 1.56. The summed E-state index contributed by atoms with van der Waals surface area (Å²) in [5, 5.41) is 12.9. The van der Waals surface area contributed by atoms with Gasteiger partial charge in [0.15, 0.2) is 0 Å². The minimum atomic E-state index is -1.21. The van der Waals surface area contributed by atoms with E-state index in [1.807, 2.05) is 0 Å². The Morgan fingerprint density at radius 3 is 2.28 bits per heavy atom. The number of carbonyl (C=O) groups is 3. The van der Waals surface area contributed by atoms with E-state index >= 15 is 0 Å². The second-order valence-electron chi connectivity index (χ2n) is 13.1. The van der Waals surface area contributed by atoms with Crippen LogP contribution in [0.3, 0.4) is 0 Å². The van der Waals surface area contributed by atoms with Crippen LogP contribution in [0, 0.1) is 40.4 Å². The van der Waals surface area contributed by atoms with E-state index in [-0.39, 0.29) is 78.5 Å². The Morgan fingerprint density at radius 1 is 0.974 bits per heavy atom. The smallest absolute Gasteiger partial charge is 0.302 e. The van der Waals surface area contributed by atoms with Crippen molar-refractivity contribution in [2.24, 2.45) is 40.4 Å². The fourth-order valence-electron chi connectivity index (χ4n) is 11.3. The van der Waals surface area contributed by atoms with Crippen molar-refractivity contribution in [1.29, 1.82) is 0 Å². The average molecular weight is 550 g/mol. The summed E-state index contributed by atoms with van der Waals surface area (Å²) in [7, 11) is 3.36. The minimum absolute atomic E-state index is 0.0672. The van der Waals surface area contributed by atoms with E-state index in [4.69, 9.17) is 23.7 Å². The van der Waals surface area contributed by atoms with Gasteiger partial charge in [0, 0.05) is 88.5 Å². The molecule has 1 N–H and O–H groups in total. The highest BCUT2D eigenvalue weighted by molar-refractivity contribution is 5.67. The van der Waals surface area contributed by atoms with Gasteiger partial charge in [-0.2, -0.15) is 0 Å². The Kier molecular flexibility index (Phi) is 6.42. The normalized spacial score (nSPS) is 50.8. The molecule has 1 aliphatic heterocycles. The van der Waals surface area contributed by atoms with Crippen LogP contribution in [0.25, 0.3) is 0 Å². The molecule has 0 amide bonds. The van der Waals surface area contributed by atoms with E-state index in [0.29, 0.717) is 25.7 Å². The van der Waals surface area contributed by atoms with Crippen molar-refractivity contribution in [3.63, 3.8) is 0 Å². The first-order valence-electron chi connectivity index (χ1n) is 14.5. The summed E-state index contributed by atoms with van der Waals surface area (Å²) in [6.45, 7) is 8.14. The second kappa shape index (κ2) is 9.13. The van der Waals surface area contributed by atoms with Crippen molar-refractivity contribution in [2.75, 3.05) is 33.9 Å². The van der Waals surface area contributed by atoms with E-state index in [1.54, 1.807) is 14.2 Å². The van der Waals surface area contributed by atoms with Gasteiger partial charge >= 0.3 is 17.9 Å². The zero-order valence-corrected chi connectivity index (χ0v) is 23.9. The monoisotopic (exact) mass is 549 g/mol. The number of hydrogen-bond acceptors (Lipinski definition) is 10. The molecule has 218 valence electrons. The largest absolute Gasteiger partial charge is 0.465 e. The number of esters is 3. The highest BCUT2D eigenvalue weighted by Crippen LogP contribution is 2.79. The van der Waals surface area contributed by atoms with E-state index in [2.05, 4.69) is 11.8 Å². The third kappa shape index (κ3) is 3.37. The zero-order valence-electron chi connectivity index (χ0n) is 23.9. The highest BCUT2D eigenvalue weighted by Gasteiger charge is 2.87. The highest BCUT2D eigenvalue weighted by atomic mass is 16.6. The lowest BCUT2D eigenvalue weighted by atomic mass is 9.43. The molecule has 1 saturated heterocycles. The maximum atomic E-state index is 12.9. The van der Waals surface area contributed by atoms with Gasteiger partial charge in [0.2, 0.25) is 0 Å². The molecule has 0 aromatic heterocycles. The van der Waals surface area contributed by atoms with Gasteiger partial charge in [-0.05, 0) is 31.7 Å². The summed E-state index contributed by atoms with van der Waals surface area (Å²) >= 11 is 0. The Balaban J connectivity index is 1.61. The number of piperidine rings is 1. The SMILES string of the molecule is CCN1C[C@]2(COC(C)=O)CC[C@H](OC(C)=O)[C@]34C1[C@H]([C@H](OC)[C@H]23)[C@@]1(O)C[C@H](OC)[C@H]2C[C@@H]4[C@@H]1[C@H]2OC(C)=O. The van der Waals surface area contributed by atoms with E-state index in [0.717, 1.165) is 13.1 Å². The molecule has 0 aromatic carbocycles. The summed E-state index contributed by atoms with van der Waals surface area (Å²) in [5.41, 5.74) is -2.19. The van der Waals surface area contributed by atoms with Crippen LogP contribution in [0.15, 0.2) is 0 Å². The third-order valence-corrected chi connectivity index (χ3v) is 11.8. The summed E-state index contributed by atoms with van der Waals surface area (Å²) in [4.78, 5) is 39.5. The van der Waals surface area contributed by atoms with Crippen LogP contribution in [0.4, 0.5) is 0 Å². The minimum Gasteiger partial charge on any atom is -0.465 e. The van der Waals surface area contributed by atoms with Crippen LogP contribution >= 0.6 is 0 Å². The van der Waals surface area contributed by atoms with Crippen LogP contribution in [0.1, 0.15) is 53.4 Å². The molecule has 5 aliphatic carbocycles. The Morgan fingerprint density at radius 2 is 1.69 bits per heavy atom. The van der Waals surface area contributed by atoms with Gasteiger partial charge in [0.1, 0.15) is 12.2 Å². The van der Waals surface area contributed by atoms with Crippen LogP contribution < -0.4 is 0 Å². The maximum absolute atomic E-state index is 12.9. The molecule has 5 saturated carbocycles. The van der Waals surface area contributed by atoms with E-state index in [9.17, 15) is 19.5 Å². The van der Waals surface area contributed by atoms with Crippen LogP contribution in [-0.4, -0.2) is 97.9 Å². The third-order valence-electron chi connectivity index (χ3n) is 11.8. The van der Waals surface area contributed by atoms with Gasteiger partial charge in [-0.3, -0.25) is 19.3 Å². The summed E-state index contributed by atoms with van der Waals surface area (Å²) in [6.07, 6.45) is 0.974. The summed E-state index contributed by atoms with van der Waals surface area (Å²) in [5.74, 6) is -1.95. The molecule has 1 spiro atoms. The standard InChI is InChI=1S/C29H43NO9/c1-7-30-12-27(13-37-14(2)31)9-8-20(38-15(3)32)29-18-10-17-19(35-5)11-28(34,21(18)23(17)39-16(4)33)22(26(29)30)24(36-6)25(27)29/h17-26,34H,7-13H2,1-6H3/t17-,18-,19+,20+,21-,22+,23+,24+,25-,26?,27+,28-,29+/m1/s1. The first-order valence-corrected chi connectivity index (χ1v) is 14.5. The number of rotatable bonds is 7. The van der Waals surface area contributed by atoms with Gasteiger partial charge < -0.3 is 28.8 Å². The second-order valence-corrected chi connectivity index (χ2v) is 13.1. The molecular weight excluding hydrogens is 506 g/mol. The lowest BCUT2D eigenvalue weighted by molar-refractivity contribution is -0.276. The van der Waals surface area contributed by atoms with Crippen LogP contribution in [0.5, 0.6) is 0 Å². The molecule has 1 heterocycles. The number of methoxy groups -OCH3 is 2. The molecule has 13 atom stereocenters. The molecule has 0 aromatic rings.